The van der Waals surface area contributed by atoms with Gasteiger partial charge in [-0.15, -0.1) is 11.3 Å². The Morgan fingerprint density at radius 2 is 2.37 bits per heavy atom. The highest BCUT2D eigenvalue weighted by atomic mass is 32.1. The summed E-state index contributed by atoms with van der Waals surface area (Å²) in [7, 11) is 1.65. The Hall–Kier alpha value is -1.35. The number of amides is 1. The molecule has 1 amide bonds. The maximum absolute atomic E-state index is 11.4. The molecule has 5 heteroatoms. The van der Waals surface area contributed by atoms with Crippen LogP contribution in [0.3, 0.4) is 0 Å². The zero-order chi connectivity index (χ0) is 14.1. The van der Waals surface area contributed by atoms with Crippen LogP contribution in [0, 0.1) is 11.8 Å². The second kappa shape index (κ2) is 8.70. The molecular formula is C14H20N2O2S. The fourth-order valence-electron chi connectivity index (χ4n) is 1.55. The fourth-order valence-corrected chi connectivity index (χ4v) is 2.42. The number of carbonyl (C=O) groups is 1. The van der Waals surface area contributed by atoms with Crippen LogP contribution < -0.4 is 5.32 Å². The van der Waals surface area contributed by atoms with Crippen molar-refractivity contribution in [3.05, 3.63) is 21.9 Å². The van der Waals surface area contributed by atoms with Crippen LogP contribution in [-0.4, -0.2) is 42.7 Å². The first-order valence-corrected chi connectivity index (χ1v) is 7.18. The van der Waals surface area contributed by atoms with E-state index >= 15 is 0 Å². The van der Waals surface area contributed by atoms with Crippen molar-refractivity contribution in [1.29, 1.82) is 0 Å². The SMILES string of the molecule is CCN(CC(=O)NC)Cc1sccc1C#CCCO. The van der Waals surface area contributed by atoms with E-state index in [1.807, 2.05) is 18.4 Å². The molecule has 0 bridgehead atoms. The average molecular weight is 280 g/mol. The Labute approximate surface area is 118 Å². The number of carbonyl (C=O) groups excluding carboxylic acids is 1. The highest BCUT2D eigenvalue weighted by molar-refractivity contribution is 7.10. The van der Waals surface area contributed by atoms with Crippen LogP contribution >= 0.6 is 11.3 Å². The minimum absolute atomic E-state index is 0.0197. The molecule has 104 valence electrons. The van der Waals surface area contributed by atoms with Crippen molar-refractivity contribution in [3.63, 3.8) is 0 Å². The van der Waals surface area contributed by atoms with E-state index in [4.69, 9.17) is 5.11 Å². The molecule has 2 N–H and O–H groups in total. The smallest absolute Gasteiger partial charge is 0.233 e. The van der Waals surface area contributed by atoms with Gasteiger partial charge in [0.25, 0.3) is 0 Å². The van der Waals surface area contributed by atoms with Crippen LogP contribution in [0.15, 0.2) is 11.4 Å². The summed E-state index contributed by atoms with van der Waals surface area (Å²) in [5.41, 5.74) is 0.994. The number of rotatable bonds is 6. The zero-order valence-electron chi connectivity index (χ0n) is 11.4. The van der Waals surface area contributed by atoms with Gasteiger partial charge in [-0.2, -0.15) is 0 Å². The number of aliphatic hydroxyl groups excluding tert-OH is 1. The van der Waals surface area contributed by atoms with E-state index in [1.165, 1.54) is 0 Å². The molecule has 0 atom stereocenters. The van der Waals surface area contributed by atoms with Gasteiger partial charge < -0.3 is 10.4 Å². The van der Waals surface area contributed by atoms with E-state index in [-0.39, 0.29) is 12.5 Å². The second-order valence-corrected chi connectivity index (χ2v) is 5.01. The van der Waals surface area contributed by atoms with Gasteiger partial charge in [-0.05, 0) is 18.0 Å². The van der Waals surface area contributed by atoms with Crippen molar-refractivity contribution >= 4 is 17.2 Å². The van der Waals surface area contributed by atoms with Crippen molar-refractivity contribution in [2.75, 3.05) is 26.7 Å². The Balaban J connectivity index is 2.68. The molecular weight excluding hydrogens is 260 g/mol. The molecule has 0 saturated carbocycles. The molecule has 0 unspecified atom stereocenters. The molecule has 0 aliphatic carbocycles. The molecule has 1 aromatic rings. The van der Waals surface area contributed by atoms with Gasteiger partial charge >= 0.3 is 0 Å². The largest absolute Gasteiger partial charge is 0.395 e. The lowest BCUT2D eigenvalue weighted by Gasteiger charge is -2.18. The first kappa shape index (κ1) is 15.7. The maximum atomic E-state index is 11.4. The van der Waals surface area contributed by atoms with E-state index < -0.39 is 0 Å². The molecule has 0 radical (unpaired) electrons. The molecule has 0 aliphatic heterocycles. The van der Waals surface area contributed by atoms with Crippen molar-refractivity contribution in [2.24, 2.45) is 0 Å². The summed E-state index contributed by atoms with van der Waals surface area (Å²) in [6, 6.07) is 1.98. The number of hydrogen-bond acceptors (Lipinski definition) is 4. The van der Waals surface area contributed by atoms with Gasteiger partial charge in [0.1, 0.15) is 0 Å². The lowest BCUT2D eigenvalue weighted by Crippen LogP contribution is -2.35. The maximum Gasteiger partial charge on any atom is 0.233 e. The summed E-state index contributed by atoms with van der Waals surface area (Å²) in [4.78, 5) is 14.6. The molecule has 0 spiro atoms. The Bertz CT molecular complexity index is 460. The van der Waals surface area contributed by atoms with Crippen molar-refractivity contribution < 1.29 is 9.90 Å². The molecule has 0 saturated heterocycles. The Morgan fingerprint density at radius 1 is 1.58 bits per heavy atom. The van der Waals surface area contributed by atoms with Gasteiger partial charge in [0, 0.05) is 30.5 Å². The van der Waals surface area contributed by atoms with Gasteiger partial charge in [-0.1, -0.05) is 18.8 Å². The van der Waals surface area contributed by atoms with Gasteiger partial charge in [0.05, 0.1) is 13.2 Å². The Morgan fingerprint density at radius 3 is 3.00 bits per heavy atom. The normalized spacial score (nSPS) is 10.1. The van der Waals surface area contributed by atoms with Gasteiger partial charge in [-0.3, -0.25) is 9.69 Å². The molecule has 19 heavy (non-hydrogen) atoms. The van der Waals surface area contributed by atoms with E-state index in [0.717, 1.165) is 23.5 Å². The van der Waals surface area contributed by atoms with Crippen molar-refractivity contribution in [2.45, 2.75) is 19.9 Å². The molecule has 1 aromatic heterocycles. The third-order valence-corrected chi connectivity index (χ3v) is 3.57. The first-order valence-electron chi connectivity index (χ1n) is 6.30. The van der Waals surface area contributed by atoms with Crippen LogP contribution in [-0.2, 0) is 11.3 Å². The van der Waals surface area contributed by atoms with Crippen LogP contribution in [0.1, 0.15) is 23.8 Å². The molecule has 0 aromatic carbocycles. The second-order valence-electron chi connectivity index (χ2n) is 4.01. The molecule has 1 heterocycles. The number of nitrogens with zero attached hydrogens (tertiary/aromatic N) is 1. The lowest BCUT2D eigenvalue weighted by atomic mass is 10.2. The van der Waals surface area contributed by atoms with E-state index in [2.05, 4.69) is 22.1 Å². The minimum Gasteiger partial charge on any atom is -0.395 e. The lowest BCUT2D eigenvalue weighted by molar-refractivity contribution is -0.121. The van der Waals surface area contributed by atoms with Gasteiger partial charge in [-0.25, -0.2) is 0 Å². The van der Waals surface area contributed by atoms with Crippen molar-refractivity contribution in [1.82, 2.24) is 10.2 Å². The van der Waals surface area contributed by atoms with Gasteiger partial charge in [0.15, 0.2) is 0 Å². The number of hydrogen-bond donors (Lipinski definition) is 2. The van der Waals surface area contributed by atoms with E-state index in [0.29, 0.717) is 13.0 Å². The predicted molar refractivity (Wildman–Crippen MR) is 77.9 cm³/mol. The summed E-state index contributed by atoms with van der Waals surface area (Å²) >= 11 is 1.65. The summed E-state index contributed by atoms with van der Waals surface area (Å²) in [6.07, 6.45) is 0.491. The summed E-state index contributed by atoms with van der Waals surface area (Å²) < 4.78 is 0. The monoisotopic (exact) mass is 280 g/mol. The first-order chi connectivity index (χ1) is 9.21. The molecule has 0 fully saturated rings. The average Bonchev–Trinajstić information content (AvgIpc) is 2.85. The van der Waals surface area contributed by atoms with Crippen LogP contribution in [0.2, 0.25) is 0 Å². The van der Waals surface area contributed by atoms with Gasteiger partial charge in [0.2, 0.25) is 5.91 Å². The van der Waals surface area contributed by atoms with Crippen molar-refractivity contribution in [3.8, 4) is 11.8 Å². The summed E-state index contributed by atoms with van der Waals surface area (Å²) in [5, 5.41) is 13.4. The number of aliphatic hydroxyl groups is 1. The highest BCUT2D eigenvalue weighted by Gasteiger charge is 2.11. The minimum atomic E-state index is 0.0197. The predicted octanol–water partition coefficient (Wildman–Crippen LogP) is 1.05. The topological polar surface area (TPSA) is 52.6 Å². The van der Waals surface area contributed by atoms with E-state index in [9.17, 15) is 4.79 Å². The fraction of sp³-hybridized carbons (Fsp3) is 0.500. The molecule has 4 nitrogen and oxygen atoms in total. The molecule has 0 aliphatic rings. The number of likely N-dealkylation sites (N-methyl/N-ethyl adjacent to an activating group) is 2. The van der Waals surface area contributed by atoms with E-state index in [1.54, 1.807) is 18.4 Å². The third-order valence-electron chi connectivity index (χ3n) is 2.67. The Kier molecular flexibility index (Phi) is 7.19. The zero-order valence-corrected chi connectivity index (χ0v) is 12.2. The molecule has 1 rings (SSSR count). The number of nitrogens with one attached hydrogen (secondary N) is 1. The summed E-state index contributed by atoms with van der Waals surface area (Å²) in [6.45, 7) is 4.06. The highest BCUT2D eigenvalue weighted by Crippen LogP contribution is 2.18. The summed E-state index contributed by atoms with van der Waals surface area (Å²) in [5.74, 6) is 6.01. The van der Waals surface area contributed by atoms with Crippen LogP contribution in [0.5, 0.6) is 0 Å². The van der Waals surface area contributed by atoms with Crippen LogP contribution in [0.25, 0.3) is 0 Å². The third kappa shape index (κ3) is 5.43. The quantitative estimate of drug-likeness (QED) is 0.766. The number of thiophene rings is 1. The standard InChI is InChI=1S/C14H20N2O2S/c1-3-16(11-14(18)15-2)10-13-12(7-9-19-13)6-4-5-8-17/h7,9,17H,3,5,8,10-11H2,1-2H3,(H,15,18). The van der Waals surface area contributed by atoms with Crippen LogP contribution in [0.4, 0.5) is 0 Å².